The van der Waals surface area contributed by atoms with Gasteiger partial charge in [0.25, 0.3) is 5.91 Å². The number of oxime groups is 1. The van der Waals surface area contributed by atoms with E-state index in [4.69, 9.17) is 40.0 Å². The van der Waals surface area contributed by atoms with Crippen molar-refractivity contribution in [2.24, 2.45) is 10.3 Å². The summed E-state index contributed by atoms with van der Waals surface area (Å²) in [6.45, 7) is 1.49. The van der Waals surface area contributed by atoms with Crippen LogP contribution in [-0.4, -0.2) is 22.5 Å². The summed E-state index contributed by atoms with van der Waals surface area (Å²) < 4.78 is 0. The van der Waals surface area contributed by atoms with Gasteiger partial charge in [0.1, 0.15) is 0 Å². The van der Waals surface area contributed by atoms with Crippen LogP contribution >= 0.6 is 34.8 Å². The largest absolute Gasteiger partial charge is 0.410 e. The maximum atomic E-state index is 12.2. The van der Waals surface area contributed by atoms with Gasteiger partial charge in [-0.2, -0.15) is 5.10 Å². The molecule has 0 radical (unpaired) electrons. The summed E-state index contributed by atoms with van der Waals surface area (Å²) in [5, 5.41) is 19.6. The van der Waals surface area contributed by atoms with Gasteiger partial charge in [-0.3, -0.25) is 10.2 Å². The molecule has 0 aliphatic carbocycles. The molecule has 6 nitrogen and oxygen atoms in total. The van der Waals surface area contributed by atoms with Crippen LogP contribution in [0.15, 0.2) is 52.7 Å². The molecule has 0 aliphatic rings. The molecule has 0 aromatic heterocycles. The van der Waals surface area contributed by atoms with E-state index in [1.54, 1.807) is 24.3 Å². The number of hydrazone groups is 1. The number of anilines is 2. The van der Waals surface area contributed by atoms with Crippen molar-refractivity contribution in [3.63, 3.8) is 0 Å². The van der Waals surface area contributed by atoms with E-state index in [9.17, 15) is 4.79 Å². The molecule has 0 aliphatic heterocycles. The fraction of sp³-hybridized carbons (Fsp3) is 0.0625. The van der Waals surface area contributed by atoms with Crippen molar-refractivity contribution in [1.29, 1.82) is 0 Å². The van der Waals surface area contributed by atoms with Gasteiger partial charge in [-0.15, -0.1) is 0 Å². The van der Waals surface area contributed by atoms with Crippen LogP contribution in [0.1, 0.15) is 6.92 Å². The van der Waals surface area contributed by atoms with E-state index < -0.39 is 5.91 Å². The molecule has 3 N–H and O–H groups in total. The number of hydrogen-bond acceptors (Lipinski definition) is 5. The van der Waals surface area contributed by atoms with Crippen LogP contribution in [-0.2, 0) is 4.79 Å². The Hall–Kier alpha value is -2.28. The van der Waals surface area contributed by atoms with Crippen LogP contribution in [0.4, 0.5) is 11.4 Å². The maximum Gasteiger partial charge on any atom is 0.279 e. The lowest BCUT2D eigenvalue weighted by Gasteiger charge is -2.09. The van der Waals surface area contributed by atoms with Crippen molar-refractivity contribution in [2.45, 2.75) is 6.92 Å². The number of amides is 1. The number of benzene rings is 2. The van der Waals surface area contributed by atoms with Crippen molar-refractivity contribution in [2.75, 3.05) is 10.7 Å². The van der Waals surface area contributed by atoms with E-state index in [0.29, 0.717) is 16.4 Å². The average molecular weight is 400 g/mol. The minimum Gasteiger partial charge on any atom is -0.410 e. The van der Waals surface area contributed by atoms with E-state index in [2.05, 4.69) is 21.0 Å². The third-order valence-corrected chi connectivity index (χ3v) is 3.85. The second kappa shape index (κ2) is 8.71. The lowest BCUT2D eigenvalue weighted by molar-refractivity contribution is -0.110. The Kier molecular flexibility index (Phi) is 6.64. The smallest absolute Gasteiger partial charge is 0.279 e. The second-order valence-electron chi connectivity index (χ2n) is 4.82. The van der Waals surface area contributed by atoms with Gasteiger partial charge in [-0.05, 0) is 31.2 Å². The third-order valence-electron chi connectivity index (χ3n) is 3.03. The Labute approximate surface area is 159 Å². The van der Waals surface area contributed by atoms with E-state index in [0.717, 1.165) is 0 Å². The van der Waals surface area contributed by atoms with Crippen molar-refractivity contribution in [3.8, 4) is 0 Å². The first-order chi connectivity index (χ1) is 11.9. The summed E-state index contributed by atoms with van der Waals surface area (Å²) >= 11 is 17.9. The minimum absolute atomic E-state index is 0.123. The van der Waals surface area contributed by atoms with E-state index >= 15 is 0 Å². The monoisotopic (exact) mass is 398 g/mol. The van der Waals surface area contributed by atoms with E-state index in [1.807, 2.05) is 6.07 Å². The van der Waals surface area contributed by atoms with Crippen LogP contribution < -0.4 is 10.7 Å². The molecule has 0 heterocycles. The number of hydrogen-bond donors (Lipinski definition) is 3. The third kappa shape index (κ3) is 5.09. The molecule has 0 atom stereocenters. The Morgan fingerprint density at radius 3 is 2.24 bits per heavy atom. The quantitative estimate of drug-likeness (QED) is 0.379. The number of carbonyl (C=O) groups excluding carboxylic acids is 1. The number of halogens is 3. The summed E-state index contributed by atoms with van der Waals surface area (Å²) in [5.41, 5.74) is 3.36. The van der Waals surface area contributed by atoms with Crippen molar-refractivity contribution in [1.82, 2.24) is 0 Å². The fourth-order valence-corrected chi connectivity index (χ4v) is 2.74. The van der Waals surface area contributed by atoms with Gasteiger partial charge < -0.3 is 10.5 Å². The molecule has 2 aromatic rings. The van der Waals surface area contributed by atoms with Crippen LogP contribution in [0.5, 0.6) is 0 Å². The number of carbonyl (C=O) groups is 1. The first-order valence-corrected chi connectivity index (χ1v) is 8.09. The zero-order valence-corrected chi connectivity index (χ0v) is 15.2. The van der Waals surface area contributed by atoms with Crippen molar-refractivity contribution >= 4 is 63.5 Å². The average Bonchev–Trinajstić information content (AvgIpc) is 2.55. The van der Waals surface area contributed by atoms with Gasteiger partial charge in [-0.25, -0.2) is 0 Å². The Morgan fingerprint density at radius 1 is 1.08 bits per heavy atom. The summed E-state index contributed by atoms with van der Waals surface area (Å²) in [7, 11) is 0. The fourth-order valence-electron chi connectivity index (χ4n) is 1.84. The highest BCUT2D eigenvalue weighted by Crippen LogP contribution is 2.33. The summed E-state index contributed by atoms with van der Waals surface area (Å²) in [4.78, 5) is 12.2. The summed E-state index contributed by atoms with van der Waals surface area (Å²) in [5.74, 6) is -0.620. The van der Waals surface area contributed by atoms with Crippen LogP contribution in [0.2, 0.25) is 15.1 Å². The van der Waals surface area contributed by atoms with E-state index in [1.165, 1.54) is 19.1 Å². The predicted octanol–water partition coefficient (Wildman–Crippen LogP) is 4.90. The lowest BCUT2D eigenvalue weighted by atomic mass is 10.2. The van der Waals surface area contributed by atoms with Gasteiger partial charge >= 0.3 is 0 Å². The normalized spacial score (nSPS) is 12.0. The Balaban J connectivity index is 2.15. The highest BCUT2D eigenvalue weighted by molar-refractivity contribution is 6.68. The molecule has 9 heteroatoms. The minimum atomic E-state index is -0.620. The molecule has 130 valence electrons. The molecule has 0 spiro atoms. The molecule has 0 bridgehead atoms. The van der Waals surface area contributed by atoms with Crippen LogP contribution in [0, 0.1) is 0 Å². The Morgan fingerprint density at radius 2 is 1.68 bits per heavy atom. The number of nitrogens with one attached hydrogen (secondary N) is 2. The molecule has 0 unspecified atom stereocenters. The van der Waals surface area contributed by atoms with E-state index in [-0.39, 0.29) is 21.5 Å². The molecule has 0 saturated carbocycles. The van der Waals surface area contributed by atoms with Gasteiger partial charge in [0.2, 0.25) is 0 Å². The first-order valence-electron chi connectivity index (χ1n) is 6.96. The van der Waals surface area contributed by atoms with Crippen molar-refractivity contribution in [3.05, 3.63) is 57.5 Å². The highest BCUT2D eigenvalue weighted by atomic mass is 35.5. The zero-order chi connectivity index (χ0) is 18.4. The van der Waals surface area contributed by atoms with Gasteiger partial charge in [0, 0.05) is 10.7 Å². The molecule has 2 aromatic carbocycles. The first kappa shape index (κ1) is 19.1. The summed E-state index contributed by atoms with van der Waals surface area (Å²) in [6.07, 6.45) is 0. The lowest BCUT2D eigenvalue weighted by Crippen LogP contribution is -2.29. The molecule has 1 amide bonds. The SMILES string of the molecule is CC(=N/Nc1c(Cl)cc(Cl)cc1Cl)/C(=N\O)C(=O)Nc1ccccc1. The van der Waals surface area contributed by atoms with Gasteiger partial charge in [0.15, 0.2) is 5.71 Å². The Bertz CT molecular complexity index is 816. The van der Waals surface area contributed by atoms with Gasteiger partial charge in [0.05, 0.1) is 21.4 Å². The van der Waals surface area contributed by atoms with Crippen LogP contribution in [0.3, 0.4) is 0 Å². The maximum absolute atomic E-state index is 12.2. The van der Waals surface area contributed by atoms with Gasteiger partial charge in [-0.1, -0.05) is 58.2 Å². The molecule has 25 heavy (non-hydrogen) atoms. The zero-order valence-electron chi connectivity index (χ0n) is 12.9. The standard InChI is InChI=1S/C16H13Cl3N4O2/c1-9(21-22-15-12(18)7-10(17)8-13(15)19)14(23-25)16(24)20-11-5-3-2-4-6-11/h2-8,22,25H,1H3,(H,20,24)/b21-9-,23-14+. The summed E-state index contributed by atoms with van der Waals surface area (Å²) in [6, 6.07) is 11.7. The molecule has 0 fully saturated rings. The molecular formula is C16H13Cl3N4O2. The molecular weight excluding hydrogens is 387 g/mol. The number of nitrogens with zero attached hydrogens (tertiary/aromatic N) is 2. The topological polar surface area (TPSA) is 86.1 Å². The number of rotatable bonds is 5. The van der Waals surface area contributed by atoms with Crippen molar-refractivity contribution < 1.29 is 10.0 Å². The number of para-hydroxylation sites is 1. The van der Waals surface area contributed by atoms with Crippen LogP contribution in [0.25, 0.3) is 0 Å². The highest BCUT2D eigenvalue weighted by Gasteiger charge is 2.17. The molecule has 0 saturated heterocycles. The second-order valence-corrected chi connectivity index (χ2v) is 6.07. The predicted molar refractivity (Wildman–Crippen MR) is 102 cm³/mol. The molecule has 2 rings (SSSR count).